The Labute approximate surface area is 251 Å². The molecule has 7 nitrogen and oxygen atoms in total. The molecule has 1 heterocycles. The van der Waals surface area contributed by atoms with Crippen molar-refractivity contribution in [2.24, 2.45) is 0 Å². The highest BCUT2D eigenvalue weighted by molar-refractivity contribution is 7.91. The number of nitrogens with one attached hydrogen (secondary N) is 1. The van der Waals surface area contributed by atoms with Crippen LogP contribution in [-0.2, 0) is 38.4 Å². The summed E-state index contributed by atoms with van der Waals surface area (Å²) >= 11 is 5.82. The molecule has 0 saturated heterocycles. The topological polar surface area (TPSA) is 103 Å². The summed E-state index contributed by atoms with van der Waals surface area (Å²) in [5, 5.41) is 3.25. The summed E-state index contributed by atoms with van der Waals surface area (Å²) < 4.78 is 76.6. The fourth-order valence-corrected chi connectivity index (χ4v) is 5.82. The van der Waals surface area contributed by atoms with Crippen LogP contribution in [0.15, 0.2) is 70.0 Å². The number of esters is 1. The van der Waals surface area contributed by atoms with Crippen molar-refractivity contribution < 1.29 is 40.3 Å². The number of benzene rings is 3. The van der Waals surface area contributed by atoms with E-state index < -0.39 is 39.5 Å². The lowest BCUT2D eigenvalue weighted by Crippen LogP contribution is -2.35. The lowest BCUT2D eigenvalue weighted by molar-refractivity contribution is -0.145. The van der Waals surface area contributed by atoms with Crippen LogP contribution in [0.5, 0.6) is 0 Å². The molecule has 12 heteroatoms. The summed E-state index contributed by atoms with van der Waals surface area (Å²) in [6.45, 7) is 5.04. The zero-order valence-electron chi connectivity index (χ0n) is 23.5. The van der Waals surface area contributed by atoms with Crippen molar-refractivity contribution >= 4 is 44.3 Å². The lowest BCUT2D eigenvalue weighted by Gasteiger charge is -2.18. The van der Waals surface area contributed by atoms with Gasteiger partial charge in [-0.3, -0.25) is 4.79 Å². The molecule has 228 valence electrons. The van der Waals surface area contributed by atoms with Crippen molar-refractivity contribution in [2.75, 3.05) is 12.4 Å². The van der Waals surface area contributed by atoms with E-state index in [-0.39, 0.29) is 39.8 Å². The van der Waals surface area contributed by atoms with Gasteiger partial charge < -0.3 is 14.5 Å². The van der Waals surface area contributed by atoms with Gasteiger partial charge in [0.25, 0.3) is 5.91 Å². The van der Waals surface area contributed by atoms with Gasteiger partial charge in [0, 0.05) is 28.0 Å². The van der Waals surface area contributed by atoms with Crippen molar-refractivity contribution in [1.82, 2.24) is 5.32 Å². The number of amides is 1. The molecule has 0 spiro atoms. The van der Waals surface area contributed by atoms with Gasteiger partial charge in [0.05, 0.1) is 22.8 Å². The number of fused-ring (bicyclic) bond motifs is 1. The van der Waals surface area contributed by atoms with Crippen LogP contribution in [0.1, 0.15) is 65.2 Å². The number of furan rings is 1. The van der Waals surface area contributed by atoms with Crippen molar-refractivity contribution in [1.29, 1.82) is 0 Å². The summed E-state index contributed by atoms with van der Waals surface area (Å²) in [4.78, 5) is 26.2. The molecule has 0 radical (unpaired) electrons. The van der Waals surface area contributed by atoms with Gasteiger partial charge in [0.1, 0.15) is 11.3 Å². The molecular weight excluding hydrogens is 607 g/mol. The predicted octanol–water partition coefficient (Wildman–Crippen LogP) is 7.09. The number of alkyl halides is 3. The third-order valence-electron chi connectivity index (χ3n) is 6.97. The number of halogens is 4. The van der Waals surface area contributed by atoms with Crippen LogP contribution >= 0.6 is 11.6 Å². The average molecular weight is 636 g/mol. The molecular formula is C31H29ClF3NO6S. The van der Waals surface area contributed by atoms with Gasteiger partial charge in [-0.25, -0.2) is 13.2 Å². The third-order valence-corrected chi connectivity index (χ3v) is 8.96. The monoisotopic (exact) mass is 635 g/mol. The number of aryl methyl sites for hydroxylation is 1. The normalized spacial score (nSPS) is 12.7. The number of sulfone groups is 1. The molecule has 0 aliphatic heterocycles. The molecule has 0 fully saturated rings. The zero-order valence-corrected chi connectivity index (χ0v) is 25.1. The fraction of sp³-hybridized carbons (Fsp3) is 0.290. The summed E-state index contributed by atoms with van der Waals surface area (Å²) in [5.41, 5.74) is 0.601. The largest absolute Gasteiger partial charge is 0.464 e. The minimum absolute atomic E-state index is 0.00124. The summed E-state index contributed by atoms with van der Waals surface area (Å²) in [6.07, 6.45) is -4.28. The van der Waals surface area contributed by atoms with Gasteiger partial charge in [-0.15, -0.1) is 0 Å². The quantitative estimate of drug-likeness (QED) is 0.187. The molecule has 0 bridgehead atoms. The van der Waals surface area contributed by atoms with Crippen LogP contribution in [0.25, 0.3) is 11.0 Å². The Morgan fingerprint density at radius 1 is 1.00 bits per heavy atom. The van der Waals surface area contributed by atoms with Crippen molar-refractivity contribution in [3.8, 4) is 0 Å². The molecule has 1 amide bonds. The molecule has 0 unspecified atom stereocenters. The van der Waals surface area contributed by atoms with Crippen LogP contribution in [0.2, 0.25) is 5.02 Å². The molecule has 3 aromatic carbocycles. The number of ether oxygens (including phenoxy) is 1. The Kier molecular flexibility index (Phi) is 9.56. The Bertz CT molecular complexity index is 1760. The van der Waals surface area contributed by atoms with Crippen molar-refractivity contribution in [3.05, 3.63) is 99.3 Å². The molecule has 0 aliphatic rings. The molecule has 1 atom stereocenters. The maximum Gasteiger partial charge on any atom is 0.416 e. The lowest BCUT2D eigenvalue weighted by atomic mass is 9.99. The van der Waals surface area contributed by atoms with E-state index in [1.54, 1.807) is 13.0 Å². The van der Waals surface area contributed by atoms with E-state index in [2.05, 4.69) is 5.32 Å². The zero-order chi connectivity index (χ0) is 31.5. The molecule has 0 aliphatic carbocycles. The second-order valence-electron chi connectivity index (χ2n) is 9.68. The van der Waals surface area contributed by atoms with Gasteiger partial charge >= 0.3 is 12.1 Å². The minimum atomic E-state index is -4.61. The highest BCUT2D eigenvalue weighted by atomic mass is 35.5. The highest BCUT2D eigenvalue weighted by Gasteiger charge is 2.34. The summed E-state index contributed by atoms with van der Waals surface area (Å²) in [5.74, 6) is -1.14. The number of rotatable bonds is 10. The summed E-state index contributed by atoms with van der Waals surface area (Å²) in [6, 6.07) is 12.6. The van der Waals surface area contributed by atoms with E-state index in [0.717, 1.165) is 6.07 Å². The molecule has 0 saturated carbocycles. The van der Waals surface area contributed by atoms with Crippen LogP contribution in [0.3, 0.4) is 0 Å². The van der Waals surface area contributed by atoms with Gasteiger partial charge in [0.2, 0.25) is 0 Å². The second-order valence-corrected chi connectivity index (χ2v) is 12.4. The number of carbonyl (C=O) groups excluding carboxylic acids is 2. The molecule has 1 N–H and O–H groups in total. The van der Waals surface area contributed by atoms with Crippen molar-refractivity contribution in [2.45, 2.75) is 50.7 Å². The number of carbonyl (C=O) groups is 2. The van der Waals surface area contributed by atoms with Crippen molar-refractivity contribution in [3.63, 3.8) is 0 Å². The van der Waals surface area contributed by atoms with Gasteiger partial charge in [-0.1, -0.05) is 49.7 Å². The van der Waals surface area contributed by atoms with Crippen LogP contribution in [0, 0.1) is 0 Å². The Morgan fingerprint density at radius 3 is 2.30 bits per heavy atom. The first kappa shape index (κ1) is 32.1. The van der Waals surface area contributed by atoms with E-state index in [1.807, 2.05) is 6.92 Å². The van der Waals surface area contributed by atoms with Crippen LogP contribution in [0.4, 0.5) is 13.2 Å². The van der Waals surface area contributed by atoms with E-state index in [4.69, 9.17) is 20.8 Å². The Balaban J connectivity index is 1.65. The van der Waals surface area contributed by atoms with E-state index >= 15 is 0 Å². The fourth-order valence-electron chi connectivity index (χ4n) is 4.76. The number of hydrogen-bond donors (Lipinski definition) is 1. The molecule has 1 aromatic heterocycles. The standard InChI is InChI=1S/C31H29ClF3NO6S/c1-4-23-24-14-10-20(16-27(24)42-26(23)15-19-7-11-21(32)17-25(19)31(33,34)35)29(37)36-28(30(38)41-5-2)18-8-12-22(13-9-18)43(39,40)6-3/h7-14,16-17,28H,4-6,15H2,1-3H3,(H,36,37)/t28-/m1/s1. The van der Waals surface area contributed by atoms with E-state index in [1.165, 1.54) is 55.5 Å². The predicted molar refractivity (Wildman–Crippen MR) is 156 cm³/mol. The number of hydrogen-bond acceptors (Lipinski definition) is 6. The smallest absolute Gasteiger partial charge is 0.416 e. The maximum atomic E-state index is 13.7. The Hall–Kier alpha value is -3.83. The first-order chi connectivity index (χ1) is 20.3. The summed E-state index contributed by atoms with van der Waals surface area (Å²) in [7, 11) is -3.47. The molecule has 4 rings (SSSR count). The van der Waals surface area contributed by atoms with Gasteiger partial charge in [-0.05, 0) is 60.9 Å². The third kappa shape index (κ3) is 7.05. The average Bonchev–Trinajstić information content (AvgIpc) is 3.32. The first-order valence-electron chi connectivity index (χ1n) is 13.5. The van der Waals surface area contributed by atoms with Gasteiger partial charge in [-0.2, -0.15) is 13.2 Å². The second kappa shape index (κ2) is 12.8. The van der Waals surface area contributed by atoms with Gasteiger partial charge in [0.15, 0.2) is 15.9 Å². The van der Waals surface area contributed by atoms with E-state index in [0.29, 0.717) is 34.3 Å². The molecule has 4 aromatic rings. The highest BCUT2D eigenvalue weighted by Crippen LogP contribution is 2.37. The van der Waals surface area contributed by atoms with E-state index in [9.17, 15) is 31.2 Å². The maximum absolute atomic E-state index is 13.7. The van der Waals surface area contributed by atoms with Crippen LogP contribution < -0.4 is 5.32 Å². The molecule has 43 heavy (non-hydrogen) atoms. The van der Waals surface area contributed by atoms with Crippen LogP contribution in [-0.4, -0.2) is 32.7 Å². The Morgan fingerprint density at radius 2 is 1.70 bits per heavy atom. The SMILES string of the molecule is CCOC(=O)[C@H](NC(=O)c1ccc2c(CC)c(Cc3ccc(Cl)cc3C(F)(F)F)oc2c1)c1ccc(S(=O)(=O)CC)cc1. The minimum Gasteiger partial charge on any atom is -0.464 e. The first-order valence-corrected chi connectivity index (χ1v) is 15.5.